The highest BCUT2D eigenvalue weighted by molar-refractivity contribution is 5.89. The molecule has 0 spiro atoms. The lowest BCUT2D eigenvalue weighted by molar-refractivity contribution is -0.114. The van der Waals surface area contributed by atoms with Gasteiger partial charge in [0.25, 0.3) is 0 Å². The van der Waals surface area contributed by atoms with Crippen LogP contribution in [0.5, 0.6) is 0 Å². The summed E-state index contributed by atoms with van der Waals surface area (Å²) in [7, 11) is 0. The molecule has 27 heavy (non-hydrogen) atoms. The average Bonchev–Trinajstić information content (AvgIpc) is 3.29. The van der Waals surface area contributed by atoms with Gasteiger partial charge in [0.05, 0.1) is 17.7 Å². The van der Waals surface area contributed by atoms with Crippen LogP contribution in [-0.2, 0) is 4.79 Å². The molecule has 0 saturated heterocycles. The number of carbonyl (C=O) groups excluding carboxylic acids is 1. The Morgan fingerprint density at radius 1 is 1.15 bits per heavy atom. The fourth-order valence-corrected chi connectivity index (χ4v) is 5.86. The molecule has 0 aromatic heterocycles. The number of benzene rings is 2. The highest BCUT2D eigenvalue weighted by Crippen LogP contribution is 2.63. The molecule has 2 aromatic carbocycles. The number of nitrogens with zero attached hydrogens (tertiary/aromatic N) is 1. The molecular formula is C23H23N3O. The van der Waals surface area contributed by atoms with E-state index in [1.54, 1.807) is 6.92 Å². The van der Waals surface area contributed by atoms with Gasteiger partial charge in [-0.1, -0.05) is 12.1 Å². The standard InChI is InChI=1S/C23H23N3O/c1-13(27)25-18-8-9-20-19(11-18)21-16-6-7-17(10-16)22(21)23(26-20)15-4-2-14(12-24)3-5-15/h2-5,8-9,11,16-17,21-23,26H,6-7,10H2,1H3,(H,25,27)/t16-,17+,21+,22+,23+/m1/s1. The quantitative estimate of drug-likeness (QED) is 0.810. The molecule has 4 heteroatoms. The van der Waals surface area contributed by atoms with Gasteiger partial charge in [-0.3, -0.25) is 4.79 Å². The van der Waals surface area contributed by atoms with Crippen molar-refractivity contribution < 1.29 is 4.79 Å². The molecule has 136 valence electrons. The fraction of sp³-hybridized carbons (Fsp3) is 0.391. The molecule has 2 fully saturated rings. The predicted octanol–water partition coefficient (Wildman–Crippen LogP) is 4.81. The van der Waals surface area contributed by atoms with Crippen LogP contribution in [0.15, 0.2) is 42.5 Å². The zero-order valence-corrected chi connectivity index (χ0v) is 15.4. The van der Waals surface area contributed by atoms with E-state index < -0.39 is 0 Å². The van der Waals surface area contributed by atoms with Crippen molar-refractivity contribution in [2.45, 2.75) is 38.1 Å². The Bertz CT molecular complexity index is 943. The largest absolute Gasteiger partial charge is 0.378 e. The summed E-state index contributed by atoms with van der Waals surface area (Å²) in [6, 6.07) is 16.8. The van der Waals surface area contributed by atoms with Crippen LogP contribution in [0.3, 0.4) is 0 Å². The summed E-state index contributed by atoms with van der Waals surface area (Å²) in [5.41, 5.74) is 5.42. The molecule has 4 nitrogen and oxygen atoms in total. The van der Waals surface area contributed by atoms with Gasteiger partial charge < -0.3 is 10.6 Å². The zero-order valence-electron chi connectivity index (χ0n) is 15.4. The van der Waals surface area contributed by atoms with E-state index in [2.05, 4.69) is 41.0 Å². The summed E-state index contributed by atoms with van der Waals surface area (Å²) in [5.74, 6) is 2.60. The predicted molar refractivity (Wildman–Crippen MR) is 105 cm³/mol. The molecule has 0 unspecified atom stereocenters. The first kappa shape index (κ1) is 16.4. The van der Waals surface area contributed by atoms with Gasteiger partial charge >= 0.3 is 0 Å². The second kappa shape index (κ2) is 6.13. The first-order chi connectivity index (χ1) is 13.1. The van der Waals surface area contributed by atoms with Gasteiger partial charge in [-0.05, 0) is 84.4 Å². The van der Waals surface area contributed by atoms with E-state index >= 15 is 0 Å². The van der Waals surface area contributed by atoms with Crippen molar-refractivity contribution in [2.24, 2.45) is 17.8 Å². The second-order valence-corrected chi connectivity index (χ2v) is 8.28. The van der Waals surface area contributed by atoms with Crippen LogP contribution >= 0.6 is 0 Å². The van der Waals surface area contributed by atoms with Crippen LogP contribution in [0.2, 0.25) is 0 Å². The average molecular weight is 357 g/mol. The van der Waals surface area contributed by atoms with Crippen molar-refractivity contribution in [3.05, 3.63) is 59.2 Å². The molecule has 2 saturated carbocycles. The maximum atomic E-state index is 11.5. The minimum atomic E-state index is -0.0290. The van der Waals surface area contributed by atoms with Crippen molar-refractivity contribution >= 4 is 17.3 Å². The number of fused-ring (bicyclic) bond motifs is 7. The monoisotopic (exact) mass is 357 g/mol. The zero-order chi connectivity index (χ0) is 18.5. The van der Waals surface area contributed by atoms with Crippen LogP contribution in [0.25, 0.3) is 0 Å². The number of rotatable bonds is 2. The summed E-state index contributed by atoms with van der Waals surface area (Å²) in [4.78, 5) is 11.5. The summed E-state index contributed by atoms with van der Waals surface area (Å²) < 4.78 is 0. The van der Waals surface area contributed by atoms with Gasteiger partial charge in [0.1, 0.15) is 0 Å². The van der Waals surface area contributed by atoms with Gasteiger partial charge in [-0.15, -0.1) is 0 Å². The molecule has 2 aromatic rings. The summed E-state index contributed by atoms with van der Waals surface area (Å²) in [6.07, 6.45) is 3.95. The molecule has 2 bridgehead atoms. The normalized spacial score (nSPS) is 30.0. The molecule has 5 rings (SSSR count). The first-order valence-corrected chi connectivity index (χ1v) is 9.82. The first-order valence-electron chi connectivity index (χ1n) is 9.82. The molecule has 1 heterocycles. The van der Waals surface area contributed by atoms with Crippen LogP contribution < -0.4 is 10.6 Å². The Morgan fingerprint density at radius 2 is 1.93 bits per heavy atom. The highest BCUT2D eigenvalue weighted by Gasteiger charge is 2.53. The van der Waals surface area contributed by atoms with Crippen LogP contribution in [0, 0.1) is 29.1 Å². The molecule has 3 aliphatic rings. The van der Waals surface area contributed by atoms with Gasteiger partial charge in [0.2, 0.25) is 5.91 Å². The fourth-order valence-electron chi connectivity index (χ4n) is 5.86. The minimum absolute atomic E-state index is 0.0290. The number of hydrogen-bond donors (Lipinski definition) is 2. The number of nitriles is 1. The van der Waals surface area contributed by atoms with Gasteiger partial charge in [-0.25, -0.2) is 0 Å². The van der Waals surface area contributed by atoms with Gasteiger partial charge in [0, 0.05) is 18.3 Å². The third kappa shape index (κ3) is 2.61. The van der Waals surface area contributed by atoms with Gasteiger partial charge in [-0.2, -0.15) is 5.26 Å². The van der Waals surface area contributed by atoms with E-state index in [0.29, 0.717) is 17.4 Å². The number of amides is 1. The topological polar surface area (TPSA) is 64.9 Å². The maximum absolute atomic E-state index is 11.5. The van der Waals surface area contributed by atoms with E-state index in [1.807, 2.05) is 18.2 Å². The number of carbonyl (C=O) groups is 1. The van der Waals surface area contributed by atoms with Crippen LogP contribution in [0.1, 0.15) is 54.8 Å². The number of hydrogen-bond acceptors (Lipinski definition) is 3. The van der Waals surface area contributed by atoms with Crippen molar-refractivity contribution in [3.63, 3.8) is 0 Å². The molecular weight excluding hydrogens is 334 g/mol. The van der Waals surface area contributed by atoms with Crippen molar-refractivity contribution in [2.75, 3.05) is 10.6 Å². The van der Waals surface area contributed by atoms with Crippen LogP contribution in [0.4, 0.5) is 11.4 Å². The van der Waals surface area contributed by atoms with E-state index in [0.717, 1.165) is 17.5 Å². The van der Waals surface area contributed by atoms with E-state index in [9.17, 15) is 4.79 Å². The Hall–Kier alpha value is -2.80. The van der Waals surface area contributed by atoms with E-state index in [-0.39, 0.29) is 11.9 Å². The lowest BCUT2D eigenvalue weighted by Crippen LogP contribution is -2.35. The van der Waals surface area contributed by atoms with E-state index in [4.69, 9.17) is 5.26 Å². The Balaban J connectivity index is 1.56. The lowest BCUT2D eigenvalue weighted by atomic mass is 9.68. The third-order valence-electron chi connectivity index (χ3n) is 6.81. The Labute approximate surface area is 159 Å². The van der Waals surface area contributed by atoms with Crippen molar-refractivity contribution in [3.8, 4) is 6.07 Å². The summed E-state index contributed by atoms with van der Waals surface area (Å²) in [5, 5.41) is 15.8. The molecule has 2 N–H and O–H groups in total. The van der Waals surface area contributed by atoms with Crippen LogP contribution in [-0.4, -0.2) is 5.91 Å². The Kier molecular flexibility index (Phi) is 3.72. The minimum Gasteiger partial charge on any atom is -0.378 e. The Morgan fingerprint density at radius 3 is 2.67 bits per heavy atom. The van der Waals surface area contributed by atoms with E-state index in [1.165, 1.54) is 36.1 Å². The maximum Gasteiger partial charge on any atom is 0.221 e. The molecule has 5 atom stereocenters. The molecule has 0 radical (unpaired) electrons. The van der Waals surface area contributed by atoms with Crippen molar-refractivity contribution in [1.29, 1.82) is 5.26 Å². The molecule has 2 aliphatic carbocycles. The molecule has 1 aliphatic heterocycles. The smallest absolute Gasteiger partial charge is 0.221 e. The molecule has 1 amide bonds. The SMILES string of the molecule is CC(=O)Nc1ccc2c(c1)[C@@H]1[C@@H]3CC[C@@H](C3)[C@@H]1[C@H](c1ccc(C#N)cc1)N2. The third-order valence-corrected chi connectivity index (χ3v) is 6.81. The lowest BCUT2D eigenvalue weighted by Gasteiger charge is -2.43. The highest BCUT2D eigenvalue weighted by atomic mass is 16.1. The number of nitrogens with one attached hydrogen (secondary N) is 2. The number of anilines is 2. The van der Waals surface area contributed by atoms with Gasteiger partial charge in [0.15, 0.2) is 0 Å². The van der Waals surface area contributed by atoms with Crippen molar-refractivity contribution in [1.82, 2.24) is 0 Å². The second-order valence-electron chi connectivity index (χ2n) is 8.28. The summed E-state index contributed by atoms with van der Waals surface area (Å²) >= 11 is 0. The summed E-state index contributed by atoms with van der Waals surface area (Å²) in [6.45, 7) is 1.55.